The lowest BCUT2D eigenvalue weighted by Crippen LogP contribution is -2.07. The molecule has 0 bridgehead atoms. The van der Waals surface area contributed by atoms with Gasteiger partial charge in [0.25, 0.3) is 0 Å². The molecule has 1 aromatic carbocycles. The van der Waals surface area contributed by atoms with E-state index >= 15 is 0 Å². The monoisotopic (exact) mass is 182 g/mol. The first-order chi connectivity index (χ1) is 6.33. The Balaban J connectivity index is 2.20. The van der Waals surface area contributed by atoms with E-state index in [1.807, 2.05) is 37.3 Å². The first-order valence-corrected chi connectivity index (χ1v) is 4.50. The van der Waals surface area contributed by atoms with Gasteiger partial charge in [0.1, 0.15) is 0 Å². The van der Waals surface area contributed by atoms with Crippen molar-refractivity contribution in [1.82, 2.24) is 0 Å². The summed E-state index contributed by atoms with van der Waals surface area (Å²) in [6, 6.07) is 9.91. The summed E-state index contributed by atoms with van der Waals surface area (Å²) in [4.78, 5) is 0. The summed E-state index contributed by atoms with van der Waals surface area (Å²) in [6.45, 7) is 2.59. The van der Waals surface area contributed by atoms with Crippen LogP contribution in [0.3, 0.4) is 0 Å². The molecule has 0 unspecified atom stereocenters. The van der Waals surface area contributed by atoms with E-state index in [4.69, 9.17) is 4.74 Å². The van der Waals surface area contributed by atoms with E-state index in [0.29, 0.717) is 13.2 Å². The minimum Gasteiger partial charge on any atom is -0.376 e. The number of halogens is 1. The SMILES string of the molecule is C[C@@H](CF)COCc1ccccc1. The van der Waals surface area contributed by atoms with Crippen molar-refractivity contribution in [3.8, 4) is 0 Å². The molecule has 1 aromatic rings. The summed E-state index contributed by atoms with van der Waals surface area (Å²) in [5, 5.41) is 0. The van der Waals surface area contributed by atoms with Crippen molar-refractivity contribution in [2.45, 2.75) is 13.5 Å². The predicted octanol–water partition coefficient (Wildman–Crippen LogP) is 2.81. The molecule has 0 aliphatic heterocycles. The van der Waals surface area contributed by atoms with Gasteiger partial charge in [-0.15, -0.1) is 0 Å². The molecule has 0 heterocycles. The maximum Gasteiger partial charge on any atom is 0.0941 e. The zero-order chi connectivity index (χ0) is 9.52. The molecular formula is C11H15FO. The normalized spacial score (nSPS) is 12.8. The van der Waals surface area contributed by atoms with E-state index < -0.39 is 0 Å². The van der Waals surface area contributed by atoms with Crippen molar-refractivity contribution in [1.29, 1.82) is 0 Å². The molecule has 0 aliphatic rings. The van der Waals surface area contributed by atoms with E-state index in [9.17, 15) is 4.39 Å². The van der Waals surface area contributed by atoms with Crippen molar-refractivity contribution in [2.24, 2.45) is 5.92 Å². The summed E-state index contributed by atoms with van der Waals surface area (Å²) in [6.07, 6.45) is 0. The van der Waals surface area contributed by atoms with Gasteiger partial charge in [0.2, 0.25) is 0 Å². The van der Waals surface area contributed by atoms with Crippen LogP contribution in [0.2, 0.25) is 0 Å². The summed E-state index contributed by atoms with van der Waals surface area (Å²) < 4.78 is 17.4. The van der Waals surface area contributed by atoms with Gasteiger partial charge in [0.15, 0.2) is 0 Å². The fourth-order valence-electron chi connectivity index (χ4n) is 0.997. The van der Waals surface area contributed by atoms with E-state index in [1.165, 1.54) is 0 Å². The fraction of sp³-hybridized carbons (Fsp3) is 0.455. The topological polar surface area (TPSA) is 9.23 Å². The number of hydrogen-bond acceptors (Lipinski definition) is 1. The molecule has 0 aromatic heterocycles. The molecule has 0 aliphatic carbocycles. The van der Waals surface area contributed by atoms with Crippen LogP contribution in [0.5, 0.6) is 0 Å². The Morgan fingerprint density at radius 3 is 2.62 bits per heavy atom. The third kappa shape index (κ3) is 4.04. The average Bonchev–Trinajstić information content (AvgIpc) is 2.19. The lowest BCUT2D eigenvalue weighted by molar-refractivity contribution is 0.0838. The lowest BCUT2D eigenvalue weighted by Gasteiger charge is -2.07. The second kappa shape index (κ2) is 5.70. The molecule has 72 valence electrons. The van der Waals surface area contributed by atoms with Crippen LogP contribution < -0.4 is 0 Å². The van der Waals surface area contributed by atoms with Crippen LogP contribution in [0.1, 0.15) is 12.5 Å². The molecule has 0 fully saturated rings. The molecule has 1 atom stereocenters. The zero-order valence-corrected chi connectivity index (χ0v) is 7.87. The molecule has 1 rings (SSSR count). The average molecular weight is 182 g/mol. The highest BCUT2D eigenvalue weighted by atomic mass is 19.1. The second-order valence-electron chi connectivity index (χ2n) is 3.26. The minimum absolute atomic E-state index is 0.00344. The third-order valence-electron chi connectivity index (χ3n) is 1.78. The van der Waals surface area contributed by atoms with Gasteiger partial charge in [0, 0.05) is 5.92 Å². The largest absolute Gasteiger partial charge is 0.376 e. The highest BCUT2D eigenvalue weighted by Gasteiger charge is 2.00. The Morgan fingerprint density at radius 1 is 1.31 bits per heavy atom. The summed E-state index contributed by atoms with van der Waals surface area (Å²) >= 11 is 0. The van der Waals surface area contributed by atoms with Gasteiger partial charge >= 0.3 is 0 Å². The number of benzene rings is 1. The second-order valence-corrected chi connectivity index (χ2v) is 3.26. The standard InChI is InChI=1S/C11H15FO/c1-10(7-12)8-13-9-11-5-3-2-4-6-11/h2-6,10H,7-9H2,1H3/t10-/m0/s1. The molecule has 0 saturated heterocycles. The van der Waals surface area contributed by atoms with Crippen molar-refractivity contribution in [2.75, 3.05) is 13.3 Å². The first kappa shape index (κ1) is 10.2. The Labute approximate surface area is 78.5 Å². The highest BCUT2D eigenvalue weighted by Crippen LogP contribution is 2.03. The molecule has 0 amide bonds. The molecular weight excluding hydrogens is 167 g/mol. The smallest absolute Gasteiger partial charge is 0.0941 e. The van der Waals surface area contributed by atoms with E-state index in [0.717, 1.165) is 5.56 Å². The predicted molar refractivity (Wildman–Crippen MR) is 51.2 cm³/mol. The Morgan fingerprint density at radius 2 is 2.00 bits per heavy atom. The van der Waals surface area contributed by atoms with Gasteiger partial charge in [0.05, 0.1) is 19.9 Å². The zero-order valence-electron chi connectivity index (χ0n) is 7.87. The van der Waals surface area contributed by atoms with Crippen LogP contribution in [-0.4, -0.2) is 13.3 Å². The molecule has 0 saturated carbocycles. The Hall–Kier alpha value is -0.890. The molecule has 0 spiro atoms. The van der Waals surface area contributed by atoms with Crippen LogP contribution >= 0.6 is 0 Å². The maximum absolute atomic E-state index is 12.0. The van der Waals surface area contributed by atoms with Crippen LogP contribution in [0.25, 0.3) is 0 Å². The lowest BCUT2D eigenvalue weighted by atomic mass is 10.2. The Bertz CT molecular complexity index is 223. The molecule has 1 nitrogen and oxygen atoms in total. The van der Waals surface area contributed by atoms with Crippen molar-refractivity contribution in [3.63, 3.8) is 0 Å². The Kier molecular flexibility index (Phi) is 4.47. The van der Waals surface area contributed by atoms with Gasteiger partial charge in [-0.25, -0.2) is 0 Å². The quantitative estimate of drug-likeness (QED) is 0.680. The molecule has 13 heavy (non-hydrogen) atoms. The van der Waals surface area contributed by atoms with Gasteiger partial charge < -0.3 is 4.74 Å². The van der Waals surface area contributed by atoms with E-state index in [-0.39, 0.29) is 12.6 Å². The van der Waals surface area contributed by atoms with Gasteiger partial charge in [-0.3, -0.25) is 4.39 Å². The molecule has 0 N–H and O–H groups in total. The van der Waals surface area contributed by atoms with Crippen molar-refractivity contribution in [3.05, 3.63) is 35.9 Å². The number of ether oxygens (including phenoxy) is 1. The summed E-state index contributed by atoms with van der Waals surface area (Å²) in [5.74, 6) is 0.00344. The highest BCUT2D eigenvalue weighted by molar-refractivity contribution is 5.13. The minimum atomic E-state index is -0.311. The summed E-state index contributed by atoms with van der Waals surface area (Å²) in [7, 11) is 0. The molecule has 0 radical (unpaired) electrons. The number of rotatable bonds is 5. The maximum atomic E-state index is 12.0. The van der Waals surface area contributed by atoms with Crippen molar-refractivity contribution >= 4 is 0 Å². The van der Waals surface area contributed by atoms with E-state index in [1.54, 1.807) is 0 Å². The van der Waals surface area contributed by atoms with Crippen LogP contribution in [-0.2, 0) is 11.3 Å². The van der Waals surface area contributed by atoms with Crippen LogP contribution in [0.15, 0.2) is 30.3 Å². The number of hydrogen-bond donors (Lipinski definition) is 0. The summed E-state index contributed by atoms with van der Waals surface area (Å²) in [5.41, 5.74) is 1.13. The third-order valence-corrected chi connectivity index (χ3v) is 1.78. The van der Waals surface area contributed by atoms with Crippen molar-refractivity contribution < 1.29 is 9.13 Å². The molecule has 2 heteroatoms. The van der Waals surface area contributed by atoms with Crippen LogP contribution in [0.4, 0.5) is 4.39 Å². The first-order valence-electron chi connectivity index (χ1n) is 4.50. The number of alkyl halides is 1. The van der Waals surface area contributed by atoms with Gasteiger partial charge in [-0.05, 0) is 5.56 Å². The van der Waals surface area contributed by atoms with E-state index in [2.05, 4.69) is 0 Å². The van der Waals surface area contributed by atoms with Gasteiger partial charge in [-0.1, -0.05) is 37.3 Å². The van der Waals surface area contributed by atoms with Gasteiger partial charge in [-0.2, -0.15) is 0 Å². The fourth-order valence-corrected chi connectivity index (χ4v) is 0.997. The van der Waals surface area contributed by atoms with Crippen LogP contribution in [0, 0.1) is 5.92 Å².